The van der Waals surface area contributed by atoms with Crippen molar-refractivity contribution >= 4 is 18.8 Å². The number of aliphatic hydroxyl groups is 2. The Morgan fingerprint density at radius 3 is 2.73 bits per heavy atom. The number of hydrogen-bond acceptors (Lipinski definition) is 5. The Morgan fingerprint density at radius 1 is 1.40 bits per heavy atom. The molecule has 3 N–H and O–H groups in total. The molecule has 0 aromatic heterocycles. The predicted octanol–water partition coefficient (Wildman–Crippen LogP) is 0.819. The lowest BCUT2D eigenvalue weighted by Gasteiger charge is -2.16. The van der Waals surface area contributed by atoms with Crippen molar-refractivity contribution in [1.29, 1.82) is 0 Å². The van der Waals surface area contributed by atoms with E-state index in [1.807, 2.05) is 0 Å². The Hall–Kier alpha value is -1.04. The van der Waals surface area contributed by atoms with Crippen molar-refractivity contribution in [2.75, 3.05) is 5.75 Å². The van der Waals surface area contributed by atoms with E-state index in [1.54, 1.807) is 24.3 Å². The fourth-order valence-electron chi connectivity index (χ4n) is 1.21. The quantitative estimate of drug-likeness (QED) is 0.266. The molecule has 0 fully saturated rings. The van der Waals surface area contributed by atoms with E-state index in [-0.39, 0.29) is 5.75 Å². The molecule has 0 heterocycles. The lowest BCUT2D eigenvalue weighted by Crippen LogP contribution is -2.19. The van der Waals surface area contributed by atoms with Gasteiger partial charge in [-0.2, -0.15) is 12.6 Å². The number of thiol groups is 1. The first-order chi connectivity index (χ1) is 7.19. The van der Waals surface area contributed by atoms with E-state index in [0.717, 1.165) is 0 Å². The van der Waals surface area contributed by atoms with Crippen LogP contribution < -0.4 is 0 Å². The van der Waals surface area contributed by atoms with E-state index < -0.39 is 12.2 Å². The standard InChI is InChI=1S/C10H13NO3S/c12-9(6-15)10(13)8-3-1-2-7(4-8)5-11-14/h1-5,9-10,12-15H,6H2. The first kappa shape index (κ1) is 12.0. The molecule has 1 aromatic carbocycles. The first-order valence-electron chi connectivity index (χ1n) is 4.43. The van der Waals surface area contributed by atoms with Gasteiger partial charge in [0.25, 0.3) is 0 Å². The maximum absolute atomic E-state index is 9.68. The smallest absolute Gasteiger partial charge is 0.106 e. The second kappa shape index (κ2) is 5.75. The Labute approximate surface area is 93.3 Å². The minimum absolute atomic E-state index is 0.180. The van der Waals surface area contributed by atoms with E-state index in [9.17, 15) is 10.2 Å². The molecule has 0 aliphatic rings. The van der Waals surface area contributed by atoms with Gasteiger partial charge in [-0.25, -0.2) is 0 Å². The van der Waals surface area contributed by atoms with Crippen LogP contribution in [-0.2, 0) is 0 Å². The highest BCUT2D eigenvalue weighted by Crippen LogP contribution is 2.18. The molecule has 15 heavy (non-hydrogen) atoms. The molecule has 1 rings (SSSR count). The van der Waals surface area contributed by atoms with Crippen molar-refractivity contribution < 1.29 is 15.4 Å². The van der Waals surface area contributed by atoms with Crippen molar-refractivity contribution in [2.45, 2.75) is 12.2 Å². The van der Waals surface area contributed by atoms with Gasteiger partial charge in [0.15, 0.2) is 0 Å². The summed E-state index contributed by atoms with van der Waals surface area (Å²) in [5.41, 5.74) is 1.22. The Balaban J connectivity index is 2.89. The zero-order valence-electron chi connectivity index (χ0n) is 7.98. The highest BCUT2D eigenvalue weighted by molar-refractivity contribution is 7.80. The molecular formula is C10H13NO3S. The average molecular weight is 227 g/mol. The summed E-state index contributed by atoms with van der Waals surface area (Å²) in [6.07, 6.45) is -0.632. The molecule has 4 nitrogen and oxygen atoms in total. The second-order valence-electron chi connectivity index (χ2n) is 3.11. The Morgan fingerprint density at radius 2 is 2.13 bits per heavy atom. The van der Waals surface area contributed by atoms with E-state index in [1.165, 1.54) is 6.21 Å². The third-order valence-electron chi connectivity index (χ3n) is 2.01. The normalized spacial score (nSPS) is 15.4. The lowest BCUT2D eigenvalue weighted by atomic mass is 10.0. The van der Waals surface area contributed by atoms with Gasteiger partial charge >= 0.3 is 0 Å². The lowest BCUT2D eigenvalue weighted by molar-refractivity contribution is 0.0337. The molecule has 82 valence electrons. The van der Waals surface area contributed by atoms with Gasteiger partial charge in [0.1, 0.15) is 6.10 Å². The summed E-state index contributed by atoms with van der Waals surface area (Å²) >= 11 is 3.90. The number of rotatable bonds is 4. The first-order valence-corrected chi connectivity index (χ1v) is 5.06. The van der Waals surface area contributed by atoms with Crippen molar-refractivity contribution in [3.8, 4) is 0 Å². The van der Waals surface area contributed by atoms with Crippen LogP contribution in [0.4, 0.5) is 0 Å². The minimum atomic E-state index is -0.977. The van der Waals surface area contributed by atoms with Gasteiger partial charge in [-0.05, 0) is 17.2 Å². The summed E-state index contributed by atoms with van der Waals surface area (Å²) in [7, 11) is 0. The molecule has 2 atom stereocenters. The van der Waals surface area contributed by atoms with E-state index in [0.29, 0.717) is 11.1 Å². The molecule has 0 aliphatic heterocycles. The summed E-state index contributed by atoms with van der Waals surface area (Å²) in [6, 6.07) is 6.76. The van der Waals surface area contributed by atoms with E-state index >= 15 is 0 Å². The largest absolute Gasteiger partial charge is 0.411 e. The Bertz CT molecular complexity index is 343. The molecule has 1 aromatic rings. The van der Waals surface area contributed by atoms with Crippen molar-refractivity contribution in [3.63, 3.8) is 0 Å². The van der Waals surface area contributed by atoms with Crippen LogP contribution in [0.2, 0.25) is 0 Å². The number of benzene rings is 1. The summed E-state index contributed by atoms with van der Waals surface area (Å²) < 4.78 is 0. The van der Waals surface area contributed by atoms with Gasteiger partial charge in [-0.3, -0.25) is 0 Å². The van der Waals surface area contributed by atoms with Crippen LogP contribution in [0.25, 0.3) is 0 Å². The van der Waals surface area contributed by atoms with E-state index in [4.69, 9.17) is 5.21 Å². The van der Waals surface area contributed by atoms with Crippen molar-refractivity contribution in [1.82, 2.24) is 0 Å². The molecule has 0 spiro atoms. The molecule has 5 heteroatoms. The fourth-order valence-corrected chi connectivity index (χ4v) is 1.41. The van der Waals surface area contributed by atoms with Crippen LogP contribution in [-0.4, -0.2) is 33.5 Å². The zero-order valence-corrected chi connectivity index (χ0v) is 8.88. The molecule has 0 bridgehead atoms. The van der Waals surface area contributed by atoms with Gasteiger partial charge in [0.2, 0.25) is 0 Å². The summed E-state index contributed by atoms with van der Waals surface area (Å²) in [6.45, 7) is 0. The monoisotopic (exact) mass is 227 g/mol. The third-order valence-corrected chi connectivity index (χ3v) is 2.38. The fraction of sp³-hybridized carbons (Fsp3) is 0.300. The maximum atomic E-state index is 9.68. The van der Waals surface area contributed by atoms with Crippen LogP contribution >= 0.6 is 12.6 Å². The molecular weight excluding hydrogens is 214 g/mol. The van der Waals surface area contributed by atoms with Crippen molar-refractivity contribution in [2.24, 2.45) is 5.16 Å². The molecule has 2 unspecified atom stereocenters. The molecule has 0 radical (unpaired) electrons. The average Bonchev–Trinajstić information content (AvgIpc) is 2.28. The van der Waals surface area contributed by atoms with Crippen LogP contribution in [0.15, 0.2) is 29.4 Å². The zero-order chi connectivity index (χ0) is 11.3. The summed E-state index contributed by atoms with van der Waals surface area (Å²) in [5, 5.41) is 30.3. The minimum Gasteiger partial charge on any atom is -0.411 e. The van der Waals surface area contributed by atoms with Crippen LogP contribution in [0.1, 0.15) is 17.2 Å². The highest BCUT2D eigenvalue weighted by atomic mass is 32.1. The van der Waals surface area contributed by atoms with Gasteiger partial charge in [0.05, 0.1) is 12.3 Å². The van der Waals surface area contributed by atoms with Crippen molar-refractivity contribution in [3.05, 3.63) is 35.4 Å². The predicted molar refractivity (Wildman–Crippen MR) is 60.6 cm³/mol. The van der Waals surface area contributed by atoms with Gasteiger partial charge in [-0.15, -0.1) is 0 Å². The van der Waals surface area contributed by atoms with Gasteiger partial charge in [0, 0.05) is 5.75 Å². The Kier molecular flexibility index (Phi) is 4.61. The summed E-state index contributed by atoms with van der Waals surface area (Å²) in [4.78, 5) is 0. The second-order valence-corrected chi connectivity index (χ2v) is 3.47. The number of oxime groups is 1. The number of hydrogen-bond donors (Lipinski definition) is 4. The van der Waals surface area contributed by atoms with Crippen LogP contribution in [0.5, 0.6) is 0 Å². The van der Waals surface area contributed by atoms with Crippen LogP contribution in [0.3, 0.4) is 0 Å². The SMILES string of the molecule is ON=Cc1cccc(C(O)C(O)CS)c1. The van der Waals surface area contributed by atoms with Gasteiger partial charge < -0.3 is 15.4 Å². The van der Waals surface area contributed by atoms with Crippen LogP contribution in [0, 0.1) is 0 Å². The molecule has 0 amide bonds. The topological polar surface area (TPSA) is 73.1 Å². The third kappa shape index (κ3) is 3.23. The highest BCUT2D eigenvalue weighted by Gasteiger charge is 2.16. The number of nitrogens with zero attached hydrogens (tertiary/aromatic N) is 1. The molecule has 0 saturated heterocycles. The van der Waals surface area contributed by atoms with E-state index in [2.05, 4.69) is 17.8 Å². The molecule has 0 aliphatic carbocycles. The van der Waals surface area contributed by atoms with Gasteiger partial charge in [-0.1, -0.05) is 23.4 Å². The molecule has 0 saturated carbocycles. The maximum Gasteiger partial charge on any atom is 0.106 e. The summed E-state index contributed by atoms with van der Waals surface area (Å²) in [5.74, 6) is 0.180. The number of aliphatic hydroxyl groups excluding tert-OH is 2.